The van der Waals surface area contributed by atoms with Gasteiger partial charge in [-0.2, -0.15) is 4.98 Å². The number of rotatable bonds is 7. The van der Waals surface area contributed by atoms with Gasteiger partial charge in [-0.25, -0.2) is 0 Å². The maximum absolute atomic E-state index is 9.16. The minimum Gasteiger partial charge on any atom is -0.395 e. The highest BCUT2D eigenvalue weighted by Crippen LogP contribution is 2.24. The summed E-state index contributed by atoms with van der Waals surface area (Å²) in [5.74, 6) is 1.47. The van der Waals surface area contributed by atoms with Crippen molar-refractivity contribution in [3.63, 3.8) is 0 Å². The van der Waals surface area contributed by atoms with Gasteiger partial charge in [-0.15, -0.1) is 0 Å². The van der Waals surface area contributed by atoms with Gasteiger partial charge in [0.15, 0.2) is 5.82 Å². The Morgan fingerprint density at radius 3 is 2.83 bits per heavy atom. The molecule has 102 valence electrons. The van der Waals surface area contributed by atoms with E-state index < -0.39 is 0 Å². The monoisotopic (exact) mass is 253 g/mol. The van der Waals surface area contributed by atoms with E-state index in [1.165, 1.54) is 25.7 Å². The number of aryl methyl sites for hydroxylation is 1. The zero-order valence-electron chi connectivity index (χ0n) is 11.1. The van der Waals surface area contributed by atoms with E-state index in [0.717, 1.165) is 24.6 Å². The number of aromatic nitrogens is 2. The van der Waals surface area contributed by atoms with E-state index in [4.69, 9.17) is 9.63 Å². The van der Waals surface area contributed by atoms with Gasteiger partial charge in [0.2, 0.25) is 5.89 Å². The van der Waals surface area contributed by atoms with Crippen LogP contribution >= 0.6 is 0 Å². The third-order valence-corrected chi connectivity index (χ3v) is 3.55. The van der Waals surface area contributed by atoms with Gasteiger partial charge in [0.1, 0.15) is 0 Å². The lowest BCUT2D eigenvalue weighted by Gasteiger charge is -2.26. The van der Waals surface area contributed by atoms with Crippen molar-refractivity contribution in [1.82, 2.24) is 15.0 Å². The van der Waals surface area contributed by atoms with E-state index in [0.29, 0.717) is 19.1 Å². The molecule has 0 atom stereocenters. The van der Waals surface area contributed by atoms with Crippen LogP contribution in [0, 0.1) is 0 Å². The molecule has 0 amide bonds. The van der Waals surface area contributed by atoms with Crippen LogP contribution in [0.5, 0.6) is 0 Å². The maximum Gasteiger partial charge on any atom is 0.226 e. The molecule has 0 bridgehead atoms. The minimum absolute atomic E-state index is 0.191. The summed E-state index contributed by atoms with van der Waals surface area (Å²) in [5, 5.41) is 13.2. The van der Waals surface area contributed by atoms with Crippen molar-refractivity contribution in [2.75, 3.05) is 13.2 Å². The number of nitrogens with zero attached hydrogens (tertiary/aromatic N) is 3. The van der Waals surface area contributed by atoms with Gasteiger partial charge in [0.25, 0.3) is 0 Å². The second-order valence-corrected chi connectivity index (χ2v) is 4.99. The minimum atomic E-state index is 0.191. The van der Waals surface area contributed by atoms with Crippen molar-refractivity contribution in [1.29, 1.82) is 0 Å². The van der Waals surface area contributed by atoms with Crippen LogP contribution in [0.25, 0.3) is 0 Å². The molecule has 1 saturated carbocycles. The average molecular weight is 253 g/mol. The van der Waals surface area contributed by atoms with E-state index >= 15 is 0 Å². The number of aliphatic hydroxyl groups excluding tert-OH is 1. The number of hydrogen-bond acceptors (Lipinski definition) is 5. The third kappa shape index (κ3) is 3.53. The predicted molar refractivity (Wildman–Crippen MR) is 68.0 cm³/mol. The van der Waals surface area contributed by atoms with Crippen LogP contribution in [-0.4, -0.2) is 39.3 Å². The number of aliphatic hydroxyl groups is 1. The Labute approximate surface area is 108 Å². The van der Waals surface area contributed by atoms with Crippen molar-refractivity contribution >= 4 is 0 Å². The molecule has 18 heavy (non-hydrogen) atoms. The summed E-state index contributed by atoms with van der Waals surface area (Å²) in [6.07, 6.45) is 6.89. The molecule has 2 rings (SSSR count). The molecule has 1 fully saturated rings. The summed E-state index contributed by atoms with van der Waals surface area (Å²) in [6.45, 7) is 3.68. The Hall–Kier alpha value is -0.940. The summed E-state index contributed by atoms with van der Waals surface area (Å²) in [7, 11) is 0. The zero-order valence-corrected chi connectivity index (χ0v) is 11.1. The average Bonchev–Trinajstić information content (AvgIpc) is 3.00. The molecule has 1 heterocycles. The summed E-state index contributed by atoms with van der Waals surface area (Å²) in [4.78, 5) is 6.68. The van der Waals surface area contributed by atoms with Gasteiger partial charge in [0, 0.05) is 19.0 Å². The molecule has 1 aromatic heterocycles. The molecule has 1 N–H and O–H groups in total. The van der Waals surface area contributed by atoms with Crippen molar-refractivity contribution in [2.24, 2.45) is 0 Å². The maximum atomic E-state index is 9.16. The first-order valence-corrected chi connectivity index (χ1v) is 7.00. The predicted octanol–water partition coefficient (Wildman–Crippen LogP) is 1.76. The fourth-order valence-corrected chi connectivity index (χ4v) is 2.64. The molecule has 0 unspecified atom stereocenters. The standard InChI is InChI=1S/C13H23N3O2/c1-2-5-13-14-12(15-18-13)10-16(8-9-17)11-6-3-4-7-11/h11,17H,2-10H2,1H3. The normalized spacial score (nSPS) is 16.8. The highest BCUT2D eigenvalue weighted by Gasteiger charge is 2.23. The van der Waals surface area contributed by atoms with Crippen molar-refractivity contribution < 1.29 is 9.63 Å². The smallest absolute Gasteiger partial charge is 0.226 e. The Morgan fingerprint density at radius 1 is 1.39 bits per heavy atom. The summed E-state index contributed by atoms with van der Waals surface area (Å²) in [6, 6.07) is 0.574. The molecular weight excluding hydrogens is 230 g/mol. The lowest BCUT2D eigenvalue weighted by molar-refractivity contribution is 0.140. The van der Waals surface area contributed by atoms with Gasteiger partial charge in [-0.05, 0) is 19.3 Å². The van der Waals surface area contributed by atoms with E-state index in [1.54, 1.807) is 0 Å². The van der Waals surface area contributed by atoms with E-state index in [1.807, 2.05) is 0 Å². The van der Waals surface area contributed by atoms with Crippen LogP contribution in [0.1, 0.15) is 50.7 Å². The first-order chi connectivity index (χ1) is 8.83. The van der Waals surface area contributed by atoms with Gasteiger partial charge in [-0.3, -0.25) is 4.90 Å². The van der Waals surface area contributed by atoms with E-state index in [2.05, 4.69) is 22.0 Å². The first kappa shape index (κ1) is 13.5. The Balaban J connectivity index is 1.93. The molecule has 1 aliphatic rings. The Bertz CT molecular complexity index is 348. The number of hydrogen-bond donors (Lipinski definition) is 1. The highest BCUT2D eigenvalue weighted by molar-refractivity contribution is 4.89. The fraction of sp³-hybridized carbons (Fsp3) is 0.846. The van der Waals surface area contributed by atoms with Crippen LogP contribution in [-0.2, 0) is 13.0 Å². The lowest BCUT2D eigenvalue weighted by atomic mass is 10.2. The van der Waals surface area contributed by atoms with Crippen LogP contribution < -0.4 is 0 Å². The quantitative estimate of drug-likeness (QED) is 0.802. The molecule has 1 aromatic rings. The second-order valence-electron chi connectivity index (χ2n) is 4.99. The fourth-order valence-electron chi connectivity index (χ4n) is 2.64. The van der Waals surface area contributed by atoms with Crippen LogP contribution in [0.15, 0.2) is 4.52 Å². The molecule has 0 spiro atoms. The largest absolute Gasteiger partial charge is 0.395 e. The molecule has 0 saturated heterocycles. The summed E-state index contributed by atoms with van der Waals surface area (Å²) < 4.78 is 5.20. The van der Waals surface area contributed by atoms with Gasteiger partial charge < -0.3 is 9.63 Å². The summed E-state index contributed by atoms with van der Waals surface area (Å²) in [5.41, 5.74) is 0. The molecule has 0 radical (unpaired) electrons. The molecule has 1 aliphatic carbocycles. The van der Waals surface area contributed by atoms with Gasteiger partial charge >= 0.3 is 0 Å². The van der Waals surface area contributed by atoms with Gasteiger partial charge in [0.05, 0.1) is 13.2 Å². The molecule has 0 aromatic carbocycles. The van der Waals surface area contributed by atoms with E-state index in [-0.39, 0.29) is 6.61 Å². The Kier molecular flexibility index (Phi) is 5.13. The molecular formula is C13H23N3O2. The van der Waals surface area contributed by atoms with Crippen LogP contribution in [0.2, 0.25) is 0 Å². The zero-order chi connectivity index (χ0) is 12.8. The summed E-state index contributed by atoms with van der Waals surface area (Å²) >= 11 is 0. The van der Waals surface area contributed by atoms with Gasteiger partial charge in [-0.1, -0.05) is 24.9 Å². The molecule has 0 aliphatic heterocycles. The molecule has 5 nitrogen and oxygen atoms in total. The molecule has 5 heteroatoms. The van der Waals surface area contributed by atoms with Crippen LogP contribution in [0.4, 0.5) is 0 Å². The SMILES string of the molecule is CCCc1nc(CN(CCO)C2CCCC2)no1. The van der Waals surface area contributed by atoms with E-state index in [9.17, 15) is 0 Å². The first-order valence-electron chi connectivity index (χ1n) is 7.00. The van der Waals surface area contributed by atoms with Crippen molar-refractivity contribution in [3.05, 3.63) is 11.7 Å². The second kappa shape index (κ2) is 6.85. The Morgan fingerprint density at radius 2 is 2.17 bits per heavy atom. The van der Waals surface area contributed by atoms with Crippen molar-refractivity contribution in [2.45, 2.75) is 58.0 Å². The lowest BCUT2D eigenvalue weighted by Crippen LogP contribution is -2.35. The van der Waals surface area contributed by atoms with Crippen LogP contribution in [0.3, 0.4) is 0 Å². The highest BCUT2D eigenvalue weighted by atomic mass is 16.5. The third-order valence-electron chi connectivity index (χ3n) is 3.55. The topological polar surface area (TPSA) is 62.4 Å². The van der Waals surface area contributed by atoms with Crippen molar-refractivity contribution in [3.8, 4) is 0 Å².